The van der Waals surface area contributed by atoms with Crippen LogP contribution in [-0.4, -0.2) is 8.07 Å². The molecular formula is C12H22Si. The summed E-state index contributed by atoms with van der Waals surface area (Å²) < 4.78 is 0. The molecule has 0 fully saturated rings. The molecule has 0 amide bonds. The van der Waals surface area contributed by atoms with Crippen LogP contribution in [-0.2, 0) is 0 Å². The monoisotopic (exact) mass is 194 g/mol. The van der Waals surface area contributed by atoms with Gasteiger partial charge in [0.1, 0.15) is 0 Å². The van der Waals surface area contributed by atoms with Gasteiger partial charge in [0.25, 0.3) is 0 Å². The van der Waals surface area contributed by atoms with Crippen LogP contribution in [0.5, 0.6) is 0 Å². The second-order valence-corrected chi connectivity index (χ2v) is 9.69. The van der Waals surface area contributed by atoms with E-state index in [9.17, 15) is 0 Å². The SMILES string of the molecule is C=CC(C)CCC=C=C[Si](C)(C)C. The van der Waals surface area contributed by atoms with Gasteiger partial charge in [0, 0.05) is 0 Å². The second-order valence-electron chi connectivity index (χ2n) is 4.67. The van der Waals surface area contributed by atoms with Gasteiger partial charge in [0.2, 0.25) is 0 Å². The lowest BCUT2D eigenvalue weighted by Crippen LogP contribution is -2.14. The molecule has 74 valence electrons. The minimum atomic E-state index is -1.03. The standard InChI is InChI=1S/C12H22Si/c1-6-12(2)10-8-7-9-11-13(3,4)5/h6-7,11-12H,1,8,10H2,2-5H3. The average molecular weight is 194 g/mol. The van der Waals surface area contributed by atoms with Crippen molar-refractivity contribution in [2.24, 2.45) is 5.92 Å². The van der Waals surface area contributed by atoms with E-state index in [4.69, 9.17) is 0 Å². The fourth-order valence-corrected chi connectivity index (χ4v) is 1.47. The van der Waals surface area contributed by atoms with E-state index in [1.807, 2.05) is 6.08 Å². The first-order chi connectivity index (χ1) is 5.95. The third-order valence-corrected chi connectivity index (χ3v) is 2.84. The van der Waals surface area contributed by atoms with Crippen LogP contribution in [0, 0.1) is 5.92 Å². The van der Waals surface area contributed by atoms with Crippen LogP contribution in [0.3, 0.4) is 0 Å². The molecule has 0 aromatic heterocycles. The quantitative estimate of drug-likeness (QED) is 0.350. The molecule has 0 aromatic carbocycles. The molecule has 0 aromatic rings. The molecule has 13 heavy (non-hydrogen) atoms. The van der Waals surface area contributed by atoms with Crippen molar-refractivity contribution in [2.45, 2.75) is 39.4 Å². The summed E-state index contributed by atoms with van der Waals surface area (Å²) in [5.41, 5.74) is 5.54. The number of hydrogen-bond acceptors (Lipinski definition) is 0. The molecular weight excluding hydrogens is 172 g/mol. The van der Waals surface area contributed by atoms with E-state index in [1.54, 1.807) is 0 Å². The first kappa shape index (κ1) is 12.5. The first-order valence-corrected chi connectivity index (χ1v) is 8.58. The summed E-state index contributed by atoms with van der Waals surface area (Å²) in [4.78, 5) is 0. The number of hydrogen-bond donors (Lipinski definition) is 0. The molecule has 0 aliphatic heterocycles. The summed E-state index contributed by atoms with van der Waals surface area (Å²) in [6, 6.07) is 0. The van der Waals surface area contributed by atoms with Crippen LogP contribution < -0.4 is 0 Å². The van der Waals surface area contributed by atoms with Crippen LogP contribution >= 0.6 is 0 Å². The molecule has 0 saturated heterocycles. The van der Waals surface area contributed by atoms with E-state index in [0.29, 0.717) is 5.92 Å². The Morgan fingerprint density at radius 2 is 2.00 bits per heavy atom. The predicted octanol–water partition coefficient (Wildman–Crippen LogP) is 4.18. The molecule has 0 heterocycles. The molecule has 0 spiro atoms. The number of rotatable bonds is 5. The van der Waals surface area contributed by atoms with Gasteiger partial charge in [-0.2, -0.15) is 0 Å². The molecule has 0 saturated carbocycles. The Hall–Kier alpha value is -0.523. The van der Waals surface area contributed by atoms with Gasteiger partial charge in [-0.3, -0.25) is 0 Å². The van der Waals surface area contributed by atoms with Crippen molar-refractivity contribution < 1.29 is 0 Å². The van der Waals surface area contributed by atoms with Crippen LogP contribution in [0.15, 0.2) is 30.2 Å². The smallest absolute Gasteiger partial charge is 0.0781 e. The van der Waals surface area contributed by atoms with Crippen molar-refractivity contribution in [1.82, 2.24) is 0 Å². The van der Waals surface area contributed by atoms with Crippen molar-refractivity contribution in [2.75, 3.05) is 0 Å². The van der Waals surface area contributed by atoms with Gasteiger partial charge in [-0.25, -0.2) is 0 Å². The summed E-state index contributed by atoms with van der Waals surface area (Å²) >= 11 is 0. The average Bonchev–Trinajstić information content (AvgIpc) is 2.01. The van der Waals surface area contributed by atoms with Gasteiger partial charge >= 0.3 is 0 Å². The minimum absolute atomic E-state index is 0.630. The maximum absolute atomic E-state index is 3.76. The Balaban J connectivity index is 3.76. The highest BCUT2D eigenvalue weighted by molar-refractivity contribution is 6.80. The topological polar surface area (TPSA) is 0 Å². The van der Waals surface area contributed by atoms with Crippen LogP contribution in [0.4, 0.5) is 0 Å². The van der Waals surface area contributed by atoms with E-state index < -0.39 is 8.07 Å². The fourth-order valence-electron chi connectivity index (χ4n) is 0.856. The summed E-state index contributed by atoms with van der Waals surface area (Å²) in [5, 5.41) is 0. The summed E-state index contributed by atoms with van der Waals surface area (Å²) in [5.74, 6) is 0.630. The Morgan fingerprint density at radius 1 is 1.38 bits per heavy atom. The van der Waals surface area contributed by atoms with Crippen molar-refractivity contribution in [3.8, 4) is 0 Å². The maximum atomic E-state index is 3.76. The van der Waals surface area contributed by atoms with Crippen molar-refractivity contribution >= 4 is 8.07 Å². The molecule has 0 aliphatic carbocycles. The second kappa shape index (κ2) is 6.01. The molecule has 0 radical (unpaired) electrons. The Kier molecular flexibility index (Phi) is 5.77. The highest BCUT2D eigenvalue weighted by Gasteiger charge is 2.05. The lowest BCUT2D eigenvalue weighted by molar-refractivity contribution is 0.659. The minimum Gasteiger partial charge on any atom is -0.134 e. The highest BCUT2D eigenvalue weighted by atomic mass is 28.3. The first-order valence-electron chi connectivity index (χ1n) is 5.00. The Labute approximate surface area is 84.1 Å². The largest absolute Gasteiger partial charge is 0.134 e. The Bertz CT molecular complexity index is 202. The van der Waals surface area contributed by atoms with Gasteiger partial charge in [-0.15, -0.1) is 12.3 Å². The zero-order valence-corrected chi connectivity index (χ0v) is 10.4. The van der Waals surface area contributed by atoms with E-state index in [2.05, 4.69) is 50.7 Å². The maximum Gasteiger partial charge on any atom is 0.0781 e. The summed E-state index contributed by atoms with van der Waals surface area (Å²) in [7, 11) is -1.03. The van der Waals surface area contributed by atoms with Crippen molar-refractivity contribution in [3.05, 3.63) is 30.2 Å². The molecule has 1 heteroatoms. The van der Waals surface area contributed by atoms with Gasteiger partial charge in [-0.1, -0.05) is 38.3 Å². The van der Waals surface area contributed by atoms with E-state index in [0.717, 1.165) is 6.42 Å². The lowest BCUT2D eigenvalue weighted by Gasteiger charge is -2.05. The molecule has 0 bridgehead atoms. The summed E-state index contributed by atoms with van der Waals surface area (Å²) in [6.07, 6.45) is 6.47. The van der Waals surface area contributed by atoms with Crippen molar-refractivity contribution in [1.29, 1.82) is 0 Å². The zero-order valence-electron chi connectivity index (χ0n) is 9.43. The third-order valence-electron chi connectivity index (χ3n) is 1.80. The van der Waals surface area contributed by atoms with E-state index >= 15 is 0 Å². The van der Waals surface area contributed by atoms with Gasteiger partial charge in [-0.05, 0) is 24.8 Å². The van der Waals surface area contributed by atoms with Crippen LogP contribution in [0.1, 0.15) is 19.8 Å². The van der Waals surface area contributed by atoms with Gasteiger partial charge < -0.3 is 0 Å². The van der Waals surface area contributed by atoms with Gasteiger partial charge in [0.15, 0.2) is 0 Å². The molecule has 0 rings (SSSR count). The number of allylic oxidation sites excluding steroid dienone is 2. The highest BCUT2D eigenvalue weighted by Crippen LogP contribution is 2.06. The molecule has 0 aliphatic rings. The van der Waals surface area contributed by atoms with Crippen LogP contribution in [0.25, 0.3) is 0 Å². The third kappa shape index (κ3) is 9.39. The lowest BCUT2D eigenvalue weighted by atomic mass is 10.1. The molecule has 1 atom stereocenters. The molecule has 0 nitrogen and oxygen atoms in total. The summed E-state index contributed by atoms with van der Waals surface area (Å²) in [6.45, 7) is 12.9. The zero-order chi connectivity index (χ0) is 10.3. The van der Waals surface area contributed by atoms with Crippen LogP contribution in [0.2, 0.25) is 19.6 Å². The van der Waals surface area contributed by atoms with E-state index in [1.165, 1.54) is 6.42 Å². The van der Waals surface area contributed by atoms with E-state index in [-0.39, 0.29) is 0 Å². The fraction of sp³-hybridized carbons (Fsp3) is 0.583. The Morgan fingerprint density at radius 3 is 2.46 bits per heavy atom. The normalized spacial score (nSPS) is 12.9. The van der Waals surface area contributed by atoms with Gasteiger partial charge in [0.05, 0.1) is 8.07 Å². The predicted molar refractivity (Wildman–Crippen MR) is 64.6 cm³/mol. The molecule has 0 N–H and O–H groups in total. The molecule has 1 unspecified atom stereocenters. The van der Waals surface area contributed by atoms with Crippen molar-refractivity contribution in [3.63, 3.8) is 0 Å².